The highest BCUT2D eigenvalue weighted by molar-refractivity contribution is 7.15. The number of aromatic nitrogens is 2. The number of anilines is 1. The minimum atomic E-state index is 0.0378. The van der Waals surface area contributed by atoms with Crippen molar-refractivity contribution in [2.45, 2.75) is 32.6 Å². The predicted octanol–water partition coefficient (Wildman–Crippen LogP) is 5.76. The molecule has 4 nitrogen and oxygen atoms in total. The van der Waals surface area contributed by atoms with Gasteiger partial charge in [-0.2, -0.15) is 0 Å². The molecular weight excluding hydrogens is 366 g/mol. The number of hydrogen-bond donors (Lipinski definition) is 1. The molecule has 0 atom stereocenters. The standard InChI is InChI=1S/C23H23N3OS/c1-16(2)19-10-6-7-11-20(19)24-22(27)13-12-18-15-28-23-25-21(14-26(18)23)17-8-4-3-5-9-17/h3-11,14-16H,12-13H2,1-2H3,(H,24,27). The van der Waals surface area contributed by atoms with E-state index in [0.29, 0.717) is 18.8 Å². The Labute approximate surface area is 168 Å². The molecule has 0 aliphatic carbocycles. The fourth-order valence-corrected chi connectivity index (χ4v) is 4.23. The molecular formula is C23H23N3OS. The Kier molecular flexibility index (Phi) is 5.26. The highest BCUT2D eigenvalue weighted by Gasteiger charge is 2.13. The van der Waals surface area contributed by atoms with Crippen molar-refractivity contribution in [3.8, 4) is 11.3 Å². The molecule has 1 amide bonds. The lowest BCUT2D eigenvalue weighted by Gasteiger charge is -2.13. The summed E-state index contributed by atoms with van der Waals surface area (Å²) in [6, 6.07) is 18.2. The summed E-state index contributed by atoms with van der Waals surface area (Å²) in [5.74, 6) is 0.409. The number of nitrogens with one attached hydrogen (secondary N) is 1. The largest absolute Gasteiger partial charge is 0.326 e. The summed E-state index contributed by atoms with van der Waals surface area (Å²) in [4.78, 5) is 18.2. The van der Waals surface area contributed by atoms with Crippen LogP contribution in [0.4, 0.5) is 5.69 Å². The zero-order valence-electron chi connectivity index (χ0n) is 16.1. The number of rotatable bonds is 6. The molecule has 0 saturated carbocycles. The van der Waals surface area contributed by atoms with E-state index in [1.165, 1.54) is 0 Å². The van der Waals surface area contributed by atoms with Crippen molar-refractivity contribution >= 4 is 27.9 Å². The van der Waals surface area contributed by atoms with Gasteiger partial charge in [-0.15, -0.1) is 11.3 Å². The Balaban J connectivity index is 1.46. The van der Waals surface area contributed by atoms with Crippen LogP contribution in [0.25, 0.3) is 16.2 Å². The number of aryl methyl sites for hydroxylation is 1. The van der Waals surface area contributed by atoms with Gasteiger partial charge in [-0.05, 0) is 24.0 Å². The van der Waals surface area contributed by atoms with Gasteiger partial charge < -0.3 is 5.32 Å². The Morgan fingerprint density at radius 3 is 2.64 bits per heavy atom. The number of imidazole rings is 1. The number of hydrogen-bond acceptors (Lipinski definition) is 3. The average molecular weight is 390 g/mol. The molecule has 0 aliphatic rings. The topological polar surface area (TPSA) is 46.4 Å². The van der Waals surface area contributed by atoms with E-state index in [4.69, 9.17) is 4.98 Å². The van der Waals surface area contributed by atoms with Crippen LogP contribution in [0.5, 0.6) is 0 Å². The Morgan fingerprint density at radius 1 is 1.11 bits per heavy atom. The van der Waals surface area contributed by atoms with Crippen LogP contribution in [0.3, 0.4) is 0 Å². The van der Waals surface area contributed by atoms with Crippen molar-refractivity contribution in [3.63, 3.8) is 0 Å². The fraction of sp³-hybridized carbons (Fsp3) is 0.217. The summed E-state index contributed by atoms with van der Waals surface area (Å²) in [5, 5.41) is 5.16. The van der Waals surface area contributed by atoms with Crippen molar-refractivity contribution < 1.29 is 4.79 Å². The first-order valence-corrected chi connectivity index (χ1v) is 10.4. The van der Waals surface area contributed by atoms with E-state index in [2.05, 4.69) is 53.3 Å². The fourth-order valence-electron chi connectivity index (χ4n) is 3.33. The van der Waals surface area contributed by atoms with Gasteiger partial charge in [-0.25, -0.2) is 4.98 Å². The van der Waals surface area contributed by atoms with Crippen LogP contribution in [0.2, 0.25) is 0 Å². The van der Waals surface area contributed by atoms with E-state index in [0.717, 1.165) is 33.2 Å². The van der Waals surface area contributed by atoms with Gasteiger partial charge in [0.05, 0.1) is 5.69 Å². The third kappa shape index (κ3) is 3.85. The van der Waals surface area contributed by atoms with Gasteiger partial charge in [0, 0.05) is 34.9 Å². The number of fused-ring (bicyclic) bond motifs is 1. The van der Waals surface area contributed by atoms with E-state index in [1.807, 2.05) is 36.4 Å². The number of amides is 1. The molecule has 0 bridgehead atoms. The molecule has 2 aromatic heterocycles. The smallest absolute Gasteiger partial charge is 0.224 e. The van der Waals surface area contributed by atoms with Crippen molar-refractivity contribution in [1.82, 2.24) is 9.38 Å². The molecule has 2 heterocycles. The molecule has 5 heteroatoms. The summed E-state index contributed by atoms with van der Waals surface area (Å²) in [5.41, 5.74) is 5.25. The molecule has 4 aromatic rings. The van der Waals surface area contributed by atoms with Crippen LogP contribution in [-0.4, -0.2) is 15.3 Å². The average Bonchev–Trinajstić information content (AvgIpc) is 3.28. The summed E-state index contributed by atoms with van der Waals surface area (Å²) >= 11 is 1.61. The molecule has 142 valence electrons. The molecule has 28 heavy (non-hydrogen) atoms. The normalized spacial score (nSPS) is 11.2. The SMILES string of the molecule is CC(C)c1ccccc1NC(=O)CCc1csc2nc(-c3ccccc3)cn12. The Hall–Kier alpha value is -2.92. The third-order valence-corrected chi connectivity index (χ3v) is 5.71. The second-order valence-electron chi connectivity index (χ2n) is 7.16. The van der Waals surface area contributed by atoms with Crippen LogP contribution < -0.4 is 5.32 Å². The van der Waals surface area contributed by atoms with Gasteiger partial charge >= 0.3 is 0 Å². The van der Waals surface area contributed by atoms with Gasteiger partial charge in [-0.1, -0.05) is 62.4 Å². The number of nitrogens with zero attached hydrogens (tertiary/aromatic N) is 2. The first kappa shape index (κ1) is 18.4. The van der Waals surface area contributed by atoms with Crippen molar-refractivity contribution in [3.05, 3.63) is 77.4 Å². The molecule has 2 aromatic carbocycles. The zero-order valence-corrected chi connectivity index (χ0v) is 16.9. The summed E-state index contributed by atoms with van der Waals surface area (Å²) in [7, 11) is 0. The van der Waals surface area contributed by atoms with Gasteiger partial charge in [0.2, 0.25) is 5.91 Å². The van der Waals surface area contributed by atoms with Crippen LogP contribution in [-0.2, 0) is 11.2 Å². The van der Waals surface area contributed by atoms with E-state index in [-0.39, 0.29) is 5.91 Å². The maximum Gasteiger partial charge on any atom is 0.224 e. The lowest BCUT2D eigenvalue weighted by atomic mass is 10.0. The number of carbonyl (C=O) groups is 1. The predicted molar refractivity (Wildman–Crippen MR) is 116 cm³/mol. The molecule has 1 N–H and O–H groups in total. The highest BCUT2D eigenvalue weighted by Crippen LogP contribution is 2.25. The summed E-state index contributed by atoms with van der Waals surface area (Å²) in [6.45, 7) is 4.27. The van der Waals surface area contributed by atoms with E-state index in [9.17, 15) is 4.79 Å². The minimum absolute atomic E-state index is 0.0378. The van der Waals surface area contributed by atoms with Crippen molar-refractivity contribution in [1.29, 1.82) is 0 Å². The number of thiazole rings is 1. The molecule has 0 unspecified atom stereocenters. The van der Waals surface area contributed by atoms with Crippen LogP contribution in [0.1, 0.15) is 37.4 Å². The van der Waals surface area contributed by atoms with E-state index >= 15 is 0 Å². The van der Waals surface area contributed by atoms with Gasteiger partial charge in [0.1, 0.15) is 0 Å². The van der Waals surface area contributed by atoms with Gasteiger partial charge in [0.15, 0.2) is 4.96 Å². The summed E-state index contributed by atoms with van der Waals surface area (Å²) < 4.78 is 2.10. The maximum atomic E-state index is 12.5. The van der Waals surface area contributed by atoms with Crippen LogP contribution in [0, 0.1) is 0 Å². The Bertz CT molecular complexity index is 1100. The highest BCUT2D eigenvalue weighted by atomic mass is 32.1. The van der Waals surface area contributed by atoms with Gasteiger partial charge in [-0.3, -0.25) is 9.20 Å². The molecule has 4 rings (SSSR count). The minimum Gasteiger partial charge on any atom is -0.326 e. The monoisotopic (exact) mass is 389 g/mol. The lowest BCUT2D eigenvalue weighted by Crippen LogP contribution is -2.14. The molecule has 0 aliphatic heterocycles. The van der Waals surface area contributed by atoms with E-state index < -0.39 is 0 Å². The molecule has 0 fully saturated rings. The van der Waals surface area contributed by atoms with Crippen LogP contribution >= 0.6 is 11.3 Å². The molecule has 0 spiro atoms. The lowest BCUT2D eigenvalue weighted by molar-refractivity contribution is -0.116. The third-order valence-electron chi connectivity index (χ3n) is 4.82. The van der Waals surface area contributed by atoms with E-state index in [1.54, 1.807) is 11.3 Å². The maximum absolute atomic E-state index is 12.5. The second kappa shape index (κ2) is 7.98. The first-order chi connectivity index (χ1) is 13.6. The zero-order chi connectivity index (χ0) is 19.5. The summed E-state index contributed by atoms with van der Waals surface area (Å²) in [6.07, 6.45) is 3.18. The molecule has 0 saturated heterocycles. The Morgan fingerprint density at radius 2 is 1.86 bits per heavy atom. The second-order valence-corrected chi connectivity index (χ2v) is 8.00. The van der Waals surface area contributed by atoms with Gasteiger partial charge in [0.25, 0.3) is 0 Å². The first-order valence-electron chi connectivity index (χ1n) is 9.51. The number of benzene rings is 2. The number of carbonyl (C=O) groups excluding carboxylic acids is 1. The molecule has 0 radical (unpaired) electrons. The van der Waals surface area contributed by atoms with Crippen LogP contribution in [0.15, 0.2) is 66.2 Å². The van der Waals surface area contributed by atoms with Crippen molar-refractivity contribution in [2.24, 2.45) is 0 Å². The quantitative estimate of drug-likeness (QED) is 0.456. The van der Waals surface area contributed by atoms with Crippen molar-refractivity contribution in [2.75, 3.05) is 5.32 Å². The number of para-hydroxylation sites is 1.